The highest BCUT2D eigenvalue weighted by atomic mass is 16.2. The average Bonchev–Trinajstić information content (AvgIpc) is 2.53. The fourth-order valence-corrected chi connectivity index (χ4v) is 2.59. The van der Waals surface area contributed by atoms with Crippen LogP contribution < -0.4 is 10.2 Å². The van der Waals surface area contributed by atoms with Crippen molar-refractivity contribution in [2.45, 2.75) is 26.3 Å². The van der Waals surface area contributed by atoms with Crippen molar-refractivity contribution in [1.82, 2.24) is 10.2 Å². The van der Waals surface area contributed by atoms with Crippen molar-refractivity contribution in [3.05, 3.63) is 29.8 Å². The number of anilines is 1. The molecule has 20 heavy (non-hydrogen) atoms. The summed E-state index contributed by atoms with van der Waals surface area (Å²) in [6, 6.07) is 8.18. The van der Waals surface area contributed by atoms with Crippen molar-refractivity contribution < 1.29 is 4.79 Å². The van der Waals surface area contributed by atoms with Crippen LogP contribution in [0.15, 0.2) is 24.3 Å². The van der Waals surface area contributed by atoms with Gasteiger partial charge in [0.05, 0.1) is 6.04 Å². The van der Waals surface area contributed by atoms with Crippen LogP contribution in [0.1, 0.15) is 19.4 Å². The Morgan fingerprint density at radius 2 is 1.90 bits per heavy atom. The molecular formula is C16H25N3O. The van der Waals surface area contributed by atoms with Gasteiger partial charge in [-0.25, -0.2) is 0 Å². The van der Waals surface area contributed by atoms with E-state index in [9.17, 15) is 4.79 Å². The van der Waals surface area contributed by atoms with Gasteiger partial charge in [0.1, 0.15) is 0 Å². The lowest BCUT2D eigenvalue weighted by Gasteiger charge is -2.34. The molecule has 1 N–H and O–H groups in total. The Labute approximate surface area is 121 Å². The van der Waals surface area contributed by atoms with Gasteiger partial charge in [-0.2, -0.15) is 0 Å². The minimum absolute atomic E-state index is 0.0621. The molecule has 1 amide bonds. The van der Waals surface area contributed by atoms with Crippen LogP contribution in [-0.2, 0) is 11.2 Å². The number of rotatable bonds is 4. The van der Waals surface area contributed by atoms with Crippen molar-refractivity contribution in [3.63, 3.8) is 0 Å². The molecule has 1 aromatic rings. The molecule has 1 aliphatic rings. The monoisotopic (exact) mass is 275 g/mol. The second-order valence-corrected chi connectivity index (χ2v) is 5.38. The highest BCUT2D eigenvalue weighted by molar-refractivity contribution is 5.96. The summed E-state index contributed by atoms with van der Waals surface area (Å²) in [6.07, 6.45) is 1.02. The molecule has 0 aromatic heterocycles. The Kier molecular flexibility index (Phi) is 5.15. The highest BCUT2D eigenvalue weighted by Crippen LogP contribution is 2.16. The minimum atomic E-state index is -0.0621. The van der Waals surface area contributed by atoms with Gasteiger partial charge in [0.2, 0.25) is 5.91 Å². The van der Waals surface area contributed by atoms with Crippen LogP contribution in [-0.4, -0.2) is 50.1 Å². The van der Waals surface area contributed by atoms with Crippen molar-refractivity contribution in [3.8, 4) is 0 Å². The number of carbonyl (C=O) groups excluding carboxylic acids is 1. The van der Waals surface area contributed by atoms with Crippen molar-refractivity contribution >= 4 is 11.6 Å². The van der Waals surface area contributed by atoms with Crippen molar-refractivity contribution in [2.75, 3.05) is 38.1 Å². The van der Waals surface area contributed by atoms with Gasteiger partial charge in [0, 0.05) is 38.9 Å². The summed E-state index contributed by atoms with van der Waals surface area (Å²) in [5, 5.41) is 3.32. The Hall–Kier alpha value is -1.39. The third-order valence-corrected chi connectivity index (χ3v) is 4.12. The van der Waals surface area contributed by atoms with Crippen LogP contribution in [0.5, 0.6) is 0 Å². The van der Waals surface area contributed by atoms with Gasteiger partial charge in [-0.1, -0.05) is 19.1 Å². The maximum Gasteiger partial charge on any atom is 0.243 e. The first-order chi connectivity index (χ1) is 9.63. The second kappa shape index (κ2) is 6.86. The molecular weight excluding hydrogens is 250 g/mol. The number of piperazine rings is 1. The summed E-state index contributed by atoms with van der Waals surface area (Å²) in [5.41, 5.74) is 2.26. The molecule has 0 saturated carbocycles. The van der Waals surface area contributed by atoms with Gasteiger partial charge < -0.3 is 10.2 Å². The molecule has 0 bridgehead atoms. The van der Waals surface area contributed by atoms with Gasteiger partial charge in [-0.3, -0.25) is 9.69 Å². The van der Waals surface area contributed by atoms with Crippen LogP contribution in [0, 0.1) is 0 Å². The van der Waals surface area contributed by atoms with E-state index in [0.29, 0.717) is 0 Å². The molecule has 1 unspecified atom stereocenters. The largest absolute Gasteiger partial charge is 0.314 e. The van der Waals surface area contributed by atoms with Gasteiger partial charge in [-0.15, -0.1) is 0 Å². The Bertz CT molecular complexity index is 438. The SMILES string of the molecule is CCc1ccc(N(C)C(=O)C(C)N2CCNCC2)cc1. The molecule has 1 saturated heterocycles. The van der Waals surface area contributed by atoms with E-state index in [2.05, 4.69) is 29.3 Å². The number of nitrogens with one attached hydrogen (secondary N) is 1. The van der Waals surface area contributed by atoms with Gasteiger partial charge >= 0.3 is 0 Å². The number of carbonyl (C=O) groups is 1. The lowest BCUT2D eigenvalue weighted by molar-refractivity contribution is -0.123. The van der Waals surface area contributed by atoms with E-state index in [1.165, 1.54) is 5.56 Å². The second-order valence-electron chi connectivity index (χ2n) is 5.38. The lowest BCUT2D eigenvalue weighted by Crippen LogP contribution is -2.53. The smallest absolute Gasteiger partial charge is 0.243 e. The average molecular weight is 275 g/mol. The molecule has 2 rings (SSSR count). The molecule has 1 atom stereocenters. The summed E-state index contributed by atoms with van der Waals surface area (Å²) in [5.74, 6) is 0.163. The van der Waals surface area contributed by atoms with Crippen molar-refractivity contribution in [1.29, 1.82) is 0 Å². The number of amides is 1. The molecule has 1 fully saturated rings. The number of likely N-dealkylation sites (N-methyl/N-ethyl adjacent to an activating group) is 1. The number of aryl methyl sites for hydroxylation is 1. The summed E-state index contributed by atoms with van der Waals surface area (Å²) in [4.78, 5) is 16.6. The number of hydrogen-bond acceptors (Lipinski definition) is 3. The standard InChI is InChI=1S/C16H25N3O/c1-4-14-5-7-15(8-6-14)18(3)16(20)13(2)19-11-9-17-10-12-19/h5-8,13,17H,4,9-12H2,1-3H3. The van der Waals surface area contributed by atoms with Crippen LogP contribution in [0.2, 0.25) is 0 Å². The maximum atomic E-state index is 12.6. The van der Waals surface area contributed by atoms with Gasteiger partial charge in [-0.05, 0) is 31.0 Å². The molecule has 4 nitrogen and oxygen atoms in total. The Balaban J connectivity index is 2.02. The van der Waals surface area contributed by atoms with E-state index in [0.717, 1.165) is 38.3 Å². The van der Waals surface area contributed by atoms with E-state index in [1.807, 2.05) is 26.1 Å². The molecule has 1 aliphatic heterocycles. The van der Waals surface area contributed by atoms with Gasteiger partial charge in [0.15, 0.2) is 0 Å². The first-order valence-electron chi connectivity index (χ1n) is 7.44. The van der Waals surface area contributed by atoms with Gasteiger partial charge in [0.25, 0.3) is 0 Å². The molecule has 0 radical (unpaired) electrons. The van der Waals surface area contributed by atoms with Crippen LogP contribution in [0.3, 0.4) is 0 Å². The summed E-state index contributed by atoms with van der Waals surface area (Å²) >= 11 is 0. The zero-order chi connectivity index (χ0) is 14.5. The topological polar surface area (TPSA) is 35.6 Å². The maximum absolute atomic E-state index is 12.6. The Morgan fingerprint density at radius 3 is 2.45 bits per heavy atom. The van der Waals surface area contributed by atoms with Crippen LogP contribution in [0.4, 0.5) is 5.69 Å². The molecule has 0 spiro atoms. The summed E-state index contributed by atoms with van der Waals surface area (Å²) in [7, 11) is 1.86. The quantitative estimate of drug-likeness (QED) is 0.904. The summed E-state index contributed by atoms with van der Waals surface area (Å²) < 4.78 is 0. The molecule has 1 aromatic carbocycles. The first-order valence-corrected chi connectivity index (χ1v) is 7.44. The number of hydrogen-bond donors (Lipinski definition) is 1. The Morgan fingerprint density at radius 1 is 1.30 bits per heavy atom. The predicted octanol–water partition coefficient (Wildman–Crippen LogP) is 1.51. The lowest BCUT2D eigenvalue weighted by atomic mass is 10.1. The van der Waals surface area contributed by atoms with Crippen LogP contribution >= 0.6 is 0 Å². The molecule has 4 heteroatoms. The summed E-state index contributed by atoms with van der Waals surface area (Å²) in [6.45, 7) is 7.95. The number of nitrogens with zero attached hydrogens (tertiary/aromatic N) is 2. The van der Waals surface area contributed by atoms with Crippen LogP contribution in [0.25, 0.3) is 0 Å². The molecule has 110 valence electrons. The van der Waals surface area contributed by atoms with E-state index in [4.69, 9.17) is 0 Å². The zero-order valence-electron chi connectivity index (χ0n) is 12.7. The highest BCUT2D eigenvalue weighted by Gasteiger charge is 2.25. The zero-order valence-corrected chi connectivity index (χ0v) is 12.7. The van der Waals surface area contributed by atoms with E-state index in [1.54, 1.807) is 4.90 Å². The first kappa shape index (κ1) is 15.0. The van der Waals surface area contributed by atoms with E-state index in [-0.39, 0.29) is 11.9 Å². The van der Waals surface area contributed by atoms with E-state index < -0.39 is 0 Å². The molecule has 0 aliphatic carbocycles. The fraction of sp³-hybridized carbons (Fsp3) is 0.562. The normalized spacial score (nSPS) is 17.8. The third-order valence-electron chi connectivity index (χ3n) is 4.12. The predicted molar refractivity (Wildman–Crippen MR) is 83.1 cm³/mol. The minimum Gasteiger partial charge on any atom is -0.314 e. The van der Waals surface area contributed by atoms with Crippen molar-refractivity contribution in [2.24, 2.45) is 0 Å². The third kappa shape index (κ3) is 3.38. The van der Waals surface area contributed by atoms with E-state index >= 15 is 0 Å². The molecule has 1 heterocycles. The number of benzene rings is 1. The fourth-order valence-electron chi connectivity index (χ4n) is 2.59.